The average Bonchev–Trinajstić information content (AvgIpc) is 2.87. The number of thioether (sulfide) groups is 1. The Morgan fingerprint density at radius 3 is 2.88 bits per heavy atom. The number of amides is 1. The van der Waals surface area contributed by atoms with E-state index in [0.29, 0.717) is 5.56 Å². The molecule has 0 bridgehead atoms. The van der Waals surface area contributed by atoms with Crippen LogP contribution in [0, 0.1) is 19.7 Å². The molecule has 2 aromatic heterocycles. The van der Waals surface area contributed by atoms with Crippen molar-refractivity contribution in [3.63, 3.8) is 0 Å². The van der Waals surface area contributed by atoms with Gasteiger partial charge in [0.05, 0.1) is 5.75 Å². The molecule has 124 valence electrons. The topological polar surface area (TPSA) is 54.9 Å². The summed E-state index contributed by atoms with van der Waals surface area (Å²) in [6, 6.07) is 6.42. The van der Waals surface area contributed by atoms with Crippen molar-refractivity contribution in [1.29, 1.82) is 0 Å². The minimum Gasteiger partial charge on any atom is -0.351 e. The molecule has 0 aliphatic heterocycles. The molecule has 0 saturated carbocycles. The van der Waals surface area contributed by atoms with Crippen LogP contribution in [0.2, 0.25) is 0 Å². The molecule has 0 atom stereocenters. The third-order valence-corrected chi connectivity index (χ3v) is 5.81. The van der Waals surface area contributed by atoms with Gasteiger partial charge in [-0.2, -0.15) is 0 Å². The number of rotatable bonds is 5. The number of carbonyl (C=O) groups is 1. The number of fused-ring (bicyclic) bond motifs is 1. The minimum absolute atomic E-state index is 0.153. The monoisotopic (exact) mass is 361 g/mol. The molecule has 0 unspecified atom stereocenters. The zero-order valence-electron chi connectivity index (χ0n) is 13.3. The van der Waals surface area contributed by atoms with E-state index < -0.39 is 0 Å². The molecule has 3 aromatic rings. The summed E-state index contributed by atoms with van der Waals surface area (Å²) in [6.45, 7) is 4.28. The summed E-state index contributed by atoms with van der Waals surface area (Å²) >= 11 is 3.00. The molecule has 0 spiro atoms. The van der Waals surface area contributed by atoms with Crippen LogP contribution >= 0.6 is 23.1 Å². The van der Waals surface area contributed by atoms with Crippen molar-refractivity contribution in [3.8, 4) is 0 Å². The van der Waals surface area contributed by atoms with E-state index in [1.807, 2.05) is 6.92 Å². The fraction of sp³-hybridized carbons (Fsp3) is 0.235. The van der Waals surface area contributed by atoms with Crippen molar-refractivity contribution in [2.75, 3.05) is 5.75 Å². The van der Waals surface area contributed by atoms with E-state index in [9.17, 15) is 9.18 Å². The number of aryl methyl sites for hydroxylation is 2. The molecule has 1 aromatic carbocycles. The maximum absolute atomic E-state index is 13.5. The summed E-state index contributed by atoms with van der Waals surface area (Å²) in [4.78, 5) is 22.8. The largest absolute Gasteiger partial charge is 0.351 e. The van der Waals surface area contributed by atoms with Crippen molar-refractivity contribution < 1.29 is 9.18 Å². The summed E-state index contributed by atoms with van der Waals surface area (Å²) in [6.07, 6.45) is 1.53. The molecule has 0 saturated heterocycles. The first kappa shape index (κ1) is 16.9. The van der Waals surface area contributed by atoms with Crippen LogP contribution in [-0.4, -0.2) is 21.6 Å². The molecule has 1 N–H and O–H groups in total. The maximum atomic E-state index is 13.5. The van der Waals surface area contributed by atoms with Gasteiger partial charge in [0.1, 0.15) is 22.0 Å². The van der Waals surface area contributed by atoms with E-state index in [1.165, 1.54) is 29.0 Å². The van der Waals surface area contributed by atoms with E-state index in [0.717, 1.165) is 20.8 Å². The molecule has 0 aliphatic carbocycles. The van der Waals surface area contributed by atoms with Gasteiger partial charge in [-0.1, -0.05) is 30.0 Å². The second kappa shape index (κ2) is 7.27. The van der Waals surface area contributed by atoms with Crippen molar-refractivity contribution in [3.05, 3.63) is 52.4 Å². The maximum Gasteiger partial charge on any atom is 0.230 e. The van der Waals surface area contributed by atoms with Crippen LogP contribution in [-0.2, 0) is 11.3 Å². The number of hydrogen-bond acceptors (Lipinski definition) is 5. The van der Waals surface area contributed by atoms with Crippen LogP contribution in [0.25, 0.3) is 10.2 Å². The number of aromatic nitrogens is 2. The zero-order chi connectivity index (χ0) is 17.1. The molecule has 2 heterocycles. The molecular formula is C17H16FN3OS2. The average molecular weight is 361 g/mol. The first-order chi connectivity index (χ1) is 11.6. The van der Waals surface area contributed by atoms with Gasteiger partial charge in [0.2, 0.25) is 5.91 Å². The Morgan fingerprint density at radius 2 is 2.08 bits per heavy atom. The Labute approximate surface area is 147 Å². The number of carbonyl (C=O) groups excluding carboxylic acids is 1. The standard InChI is InChI=1S/C17H16FN3OS2/c1-10-11(2)24-17-15(10)16(20-9-21-17)23-8-14(22)19-7-12-5-3-4-6-13(12)18/h3-6,9H,7-8H2,1-2H3,(H,19,22). The van der Waals surface area contributed by atoms with Crippen LogP contribution < -0.4 is 5.32 Å². The van der Waals surface area contributed by atoms with Crippen LogP contribution in [0.4, 0.5) is 4.39 Å². The fourth-order valence-corrected chi connectivity index (χ4v) is 4.23. The lowest BCUT2D eigenvalue weighted by molar-refractivity contribution is -0.118. The van der Waals surface area contributed by atoms with Gasteiger partial charge in [-0.25, -0.2) is 14.4 Å². The zero-order valence-corrected chi connectivity index (χ0v) is 14.9. The lowest BCUT2D eigenvalue weighted by atomic mass is 10.2. The summed E-state index contributed by atoms with van der Waals surface area (Å²) in [7, 11) is 0. The quantitative estimate of drug-likeness (QED) is 0.554. The molecule has 0 fully saturated rings. The van der Waals surface area contributed by atoms with Gasteiger partial charge < -0.3 is 5.32 Å². The summed E-state index contributed by atoms with van der Waals surface area (Å²) in [5, 5.41) is 4.57. The molecule has 0 radical (unpaired) electrons. The van der Waals surface area contributed by atoms with Gasteiger partial charge in [-0.05, 0) is 25.5 Å². The number of nitrogens with one attached hydrogen (secondary N) is 1. The Balaban J connectivity index is 1.64. The highest BCUT2D eigenvalue weighted by molar-refractivity contribution is 8.00. The highest BCUT2D eigenvalue weighted by atomic mass is 32.2. The molecule has 7 heteroatoms. The highest BCUT2D eigenvalue weighted by Gasteiger charge is 2.13. The Kier molecular flexibility index (Phi) is 5.11. The Hall–Kier alpha value is -1.99. The van der Waals surface area contributed by atoms with Gasteiger partial charge in [0.25, 0.3) is 0 Å². The lowest BCUT2D eigenvalue weighted by Crippen LogP contribution is -2.25. The lowest BCUT2D eigenvalue weighted by Gasteiger charge is -2.06. The number of hydrogen-bond donors (Lipinski definition) is 1. The number of benzene rings is 1. The SMILES string of the molecule is Cc1sc2ncnc(SCC(=O)NCc3ccccc3F)c2c1C. The van der Waals surface area contributed by atoms with E-state index in [4.69, 9.17) is 0 Å². The van der Waals surface area contributed by atoms with Gasteiger partial charge >= 0.3 is 0 Å². The third kappa shape index (κ3) is 3.57. The normalized spacial score (nSPS) is 11.0. The van der Waals surface area contributed by atoms with Gasteiger partial charge in [-0.15, -0.1) is 11.3 Å². The van der Waals surface area contributed by atoms with Gasteiger partial charge in [-0.3, -0.25) is 4.79 Å². The summed E-state index contributed by atoms with van der Waals surface area (Å²) < 4.78 is 13.5. The highest BCUT2D eigenvalue weighted by Crippen LogP contribution is 2.34. The molecule has 4 nitrogen and oxygen atoms in total. The minimum atomic E-state index is -0.313. The van der Waals surface area contributed by atoms with Crippen LogP contribution in [0.5, 0.6) is 0 Å². The predicted molar refractivity (Wildman–Crippen MR) is 95.9 cm³/mol. The van der Waals surface area contributed by atoms with Crippen LogP contribution in [0.1, 0.15) is 16.0 Å². The van der Waals surface area contributed by atoms with Gasteiger partial charge in [0.15, 0.2) is 0 Å². The molecular weight excluding hydrogens is 345 g/mol. The predicted octanol–water partition coefficient (Wildman–Crippen LogP) is 3.86. The fourth-order valence-electron chi connectivity index (χ4n) is 2.28. The van der Waals surface area contributed by atoms with Crippen molar-refractivity contribution in [1.82, 2.24) is 15.3 Å². The summed E-state index contributed by atoms with van der Waals surface area (Å²) in [5.41, 5.74) is 1.63. The van der Waals surface area contributed by atoms with Gasteiger partial charge in [0, 0.05) is 22.4 Å². The van der Waals surface area contributed by atoms with Crippen molar-refractivity contribution in [2.45, 2.75) is 25.4 Å². The first-order valence-corrected chi connectivity index (χ1v) is 9.20. The Bertz CT molecular complexity index is 895. The smallest absolute Gasteiger partial charge is 0.230 e. The van der Waals surface area contributed by atoms with Crippen molar-refractivity contribution >= 4 is 39.2 Å². The number of thiophene rings is 1. The second-order valence-electron chi connectivity index (χ2n) is 5.30. The number of nitrogens with zero attached hydrogens (tertiary/aromatic N) is 2. The molecule has 24 heavy (non-hydrogen) atoms. The van der Waals surface area contributed by atoms with E-state index in [2.05, 4.69) is 22.2 Å². The van der Waals surface area contributed by atoms with Crippen LogP contribution in [0.3, 0.4) is 0 Å². The summed E-state index contributed by atoms with van der Waals surface area (Å²) in [5.74, 6) is -0.235. The second-order valence-corrected chi connectivity index (χ2v) is 7.47. The molecule has 1 amide bonds. The van der Waals surface area contributed by atoms with E-state index in [-0.39, 0.29) is 24.0 Å². The van der Waals surface area contributed by atoms with E-state index >= 15 is 0 Å². The number of halogens is 1. The molecule has 3 rings (SSSR count). The first-order valence-electron chi connectivity index (χ1n) is 7.40. The van der Waals surface area contributed by atoms with Crippen molar-refractivity contribution in [2.24, 2.45) is 0 Å². The van der Waals surface area contributed by atoms with E-state index in [1.54, 1.807) is 29.5 Å². The molecule has 0 aliphatic rings. The Morgan fingerprint density at radius 1 is 1.29 bits per heavy atom. The third-order valence-electron chi connectivity index (χ3n) is 3.70. The van der Waals surface area contributed by atoms with Crippen LogP contribution in [0.15, 0.2) is 35.6 Å².